The third kappa shape index (κ3) is 2.25. The fourth-order valence-electron chi connectivity index (χ4n) is 2.49. The van der Waals surface area contributed by atoms with Gasteiger partial charge in [-0.15, -0.1) is 0 Å². The lowest BCUT2D eigenvalue weighted by molar-refractivity contribution is 0.123. The average Bonchev–Trinajstić information content (AvgIpc) is 2.36. The van der Waals surface area contributed by atoms with Gasteiger partial charge in [0.25, 0.3) is 0 Å². The Morgan fingerprint density at radius 1 is 1.53 bits per heavy atom. The zero-order valence-corrected chi connectivity index (χ0v) is 10.7. The molecule has 2 N–H and O–H groups in total. The van der Waals surface area contributed by atoms with Crippen LogP contribution in [0.1, 0.15) is 25.8 Å². The topological polar surface area (TPSA) is 41.5 Å². The summed E-state index contributed by atoms with van der Waals surface area (Å²) in [6.07, 6.45) is 1.39. The number of ether oxygens (including phenoxy) is 1. The van der Waals surface area contributed by atoms with Gasteiger partial charge < -0.3 is 15.2 Å². The number of anilines is 1. The van der Waals surface area contributed by atoms with Crippen LogP contribution in [0.2, 0.25) is 0 Å². The van der Waals surface area contributed by atoms with Crippen molar-refractivity contribution in [3.8, 4) is 5.75 Å². The van der Waals surface area contributed by atoms with E-state index in [2.05, 4.69) is 25.2 Å². The van der Waals surface area contributed by atoms with Crippen LogP contribution in [0.25, 0.3) is 0 Å². The van der Waals surface area contributed by atoms with E-state index in [1.807, 2.05) is 12.1 Å². The highest BCUT2D eigenvalue weighted by Gasteiger charge is 2.31. The molecule has 0 aromatic heterocycles. The SMILES string of the molecule is CCC(C)C1Nc2cccc(OC)c2CC1O. The fraction of sp³-hybridized carbons (Fsp3) is 0.571. The standard InChI is InChI=1S/C14H21NO2/c1-4-9(2)14-12(16)8-10-11(15-14)6-5-7-13(10)17-3/h5-7,9,12,14-16H,4,8H2,1-3H3. The monoisotopic (exact) mass is 235 g/mol. The van der Waals surface area contributed by atoms with Crippen molar-refractivity contribution in [3.63, 3.8) is 0 Å². The first kappa shape index (κ1) is 12.2. The minimum Gasteiger partial charge on any atom is -0.496 e. The minimum atomic E-state index is -0.339. The smallest absolute Gasteiger partial charge is 0.124 e. The van der Waals surface area contributed by atoms with E-state index in [4.69, 9.17) is 4.74 Å². The lowest BCUT2D eigenvalue weighted by Gasteiger charge is -2.35. The number of aliphatic hydroxyl groups is 1. The Balaban J connectivity index is 2.29. The Morgan fingerprint density at radius 3 is 2.94 bits per heavy atom. The van der Waals surface area contributed by atoms with E-state index in [9.17, 15) is 5.11 Å². The maximum Gasteiger partial charge on any atom is 0.124 e. The Bertz CT molecular complexity index is 392. The van der Waals surface area contributed by atoms with Gasteiger partial charge in [0.1, 0.15) is 5.75 Å². The van der Waals surface area contributed by atoms with Gasteiger partial charge in [-0.05, 0) is 18.1 Å². The summed E-state index contributed by atoms with van der Waals surface area (Å²) < 4.78 is 5.33. The molecular weight excluding hydrogens is 214 g/mol. The maximum absolute atomic E-state index is 10.2. The third-order valence-corrected chi connectivity index (χ3v) is 3.76. The molecule has 0 saturated carbocycles. The van der Waals surface area contributed by atoms with Gasteiger partial charge in [0.05, 0.1) is 19.3 Å². The Kier molecular flexibility index (Phi) is 3.57. The summed E-state index contributed by atoms with van der Waals surface area (Å²) in [5, 5.41) is 13.7. The second kappa shape index (κ2) is 4.96. The number of nitrogens with one attached hydrogen (secondary N) is 1. The van der Waals surface area contributed by atoms with Gasteiger partial charge in [-0.1, -0.05) is 26.3 Å². The summed E-state index contributed by atoms with van der Waals surface area (Å²) in [6, 6.07) is 6.12. The third-order valence-electron chi connectivity index (χ3n) is 3.76. The highest BCUT2D eigenvalue weighted by Crippen LogP contribution is 2.34. The van der Waals surface area contributed by atoms with E-state index in [1.165, 1.54) is 0 Å². The molecule has 3 nitrogen and oxygen atoms in total. The van der Waals surface area contributed by atoms with Crippen LogP contribution in [-0.2, 0) is 6.42 Å². The quantitative estimate of drug-likeness (QED) is 0.845. The molecule has 1 aliphatic rings. The van der Waals surface area contributed by atoms with E-state index in [0.717, 1.165) is 23.4 Å². The van der Waals surface area contributed by atoms with Gasteiger partial charge in [-0.2, -0.15) is 0 Å². The first-order valence-electron chi connectivity index (χ1n) is 6.27. The zero-order chi connectivity index (χ0) is 12.4. The summed E-state index contributed by atoms with van der Waals surface area (Å²) in [6.45, 7) is 4.33. The molecule has 94 valence electrons. The Hall–Kier alpha value is -1.22. The number of hydrogen-bond acceptors (Lipinski definition) is 3. The van der Waals surface area contributed by atoms with E-state index >= 15 is 0 Å². The molecule has 0 spiro atoms. The molecule has 0 amide bonds. The lowest BCUT2D eigenvalue weighted by atomic mass is 9.86. The first-order chi connectivity index (χ1) is 8.17. The van der Waals surface area contributed by atoms with E-state index < -0.39 is 0 Å². The van der Waals surface area contributed by atoms with Crippen LogP contribution in [0.4, 0.5) is 5.69 Å². The predicted molar refractivity (Wildman–Crippen MR) is 69.6 cm³/mol. The number of benzene rings is 1. The van der Waals surface area contributed by atoms with Crippen molar-refractivity contribution in [2.45, 2.75) is 38.8 Å². The molecule has 3 atom stereocenters. The molecule has 0 fully saturated rings. The maximum atomic E-state index is 10.2. The molecule has 1 aromatic carbocycles. The molecule has 0 aliphatic carbocycles. The van der Waals surface area contributed by atoms with E-state index in [1.54, 1.807) is 7.11 Å². The van der Waals surface area contributed by atoms with Crippen LogP contribution in [0, 0.1) is 5.92 Å². The largest absolute Gasteiger partial charge is 0.496 e. The summed E-state index contributed by atoms with van der Waals surface area (Å²) in [5.74, 6) is 1.32. The van der Waals surface area contributed by atoms with Crippen LogP contribution >= 0.6 is 0 Å². The summed E-state index contributed by atoms with van der Waals surface area (Å²) in [7, 11) is 1.67. The molecule has 0 saturated heterocycles. The van der Waals surface area contributed by atoms with Gasteiger partial charge in [0.15, 0.2) is 0 Å². The normalized spacial score (nSPS) is 24.7. The molecule has 1 heterocycles. The number of hydrogen-bond donors (Lipinski definition) is 2. The number of methoxy groups -OCH3 is 1. The number of rotatable bonds is 3. The van der Waals surface area contributed by atoms with Crippen LogP contribution < -0.4 is 10.1 Å². The molecule has 2 rings (SSSR count). The zero-order valence-electron chi connectivity index (χ0n) is 10.7. The van der Waals surface area contributed by atoms with Crippen molar-refractivity contribution in [2.75, 3.05) is 12.4 Å². The van der Waals surface area contributed by atoms with Gasteiger partial charge in [0.2, 0.25) is 0 Å². The van der Waals surface area contributed by atoms with Gasteiger partial charge in [-0.3, -0.25) is 0 Å². The van der Waals surface area contributed by atoms with Crippen molar-refractivity contribution in [1.29, 1.82) is 0 Å². The molecule has 0 bridgehead atoms. The molecule has 3 unspecified atom stereocenters. The highest BCUT2D eigenvalue weighted by molar-refractivity contribution is 5.60. The molecule has 0 radical (unpaired) electrons. The average molecular weight is 235 g/mol. The van der Waals surface area contributed by atoms with Crippen LogP contribution in [0.3, 0.4) is 0 Å². The second-order valence-corrected chi connectivity index (χ2v) is 4.81. The molecule has 1 aromatic rings. The van der Waals surface area contributed by atoms with Crippen molar-refractivity contribution in [1.82, 2.24) is 0 Å². The van der Waals surface area contributed by atoms with Crippen molar-refractivity contribution in [3.05, 3.63) is 23.8 Å². The summed E-state index contributed by atoms with van der Waals surface area (Å²) in [4.78, 5) is 0. The molecular formula is C14H21NO2. The summed E-state index contributed by atoms with van der Waals surface area (Å²) in [5.41, 5.74) is 2.18. The summed E-state index contributed by atoms with van der Waals surface area (Å²) >= 11 is 0. The second-order valence-electron chi connectivity index (χ2n) is 4.81. The van der Waals surface area contributed by atoms with Gasteiger partial charge >= 0.3 is 0 Å². The van der Waals surface area contributed by atoms with Crippen molar-refractivity contribution >= 4 is 5.69 Å². The van der Waals surface area contributed by atoms with Crippen molar-refractivity contribution < 1.29 is 9.84 Å². The minimum absolute atomic E-state index is 0.139. The van der Waals surface area contributed by atoms with Crippen molar-refractivity contribution in [2.24, 2.45) is 5.92 Å². The fourth-order valence-corrected chi connectivity index (χ4v) is 2.49. The Morgan fingerprint density at radius 2 is 2.29 bits per heavy atom. The van der Waals surface area contributed by atoms with E-state index in [-0.39, 0.29) is 12.1 Å². The number of aliphatic hydroxyl groups excluding tert-OH is 1. The molecule has 3 heteroatoms. The molecule has 1 aliphatic heterocycles. The van der Waals surface area contributed by atoms with E-state index in [0.29, 0.717) is 12.3 Å². The first-order valence-corrected chi connectivity index (χ1v) is 6.27. The van der Waals surface area contributed by atoms with Crippen LogP contribution in [0.15, 0.2) is 18.2 Å². The Labute approximate surface area is 103 Å². The van der Waals surface area contributed by atoms with Gasteiger partial charge in [-0.25, -0.2) is 0 Å². The van der Waals surface area contributed by atoms with Crippen LogP contribution in [0.5, 0.6) is 5.75 Å². The lowest BCUT2D eigenvalue weighted by Crippen LogP contribution is -2.43. The highest BCUT2D eigenvalue weighted by atomic mass is 16.5. The van der Waals surface area contributed by atoms with Crippen LogP contribution in [-0.4, -0.2) is 24.4 Å². The number of fused-ring (bicyclic) bond motifs is 1. The molecule has 17 heavy (non-hydrogen) atoms. The van der Waals surface area contributed by atoms with Gasteiger partial charge in [0, 0.05) is 17.7 Å². The predicted octanol–water partition coefficient (Wildman–Crippen LogP) is 2.44.